The first-order chi connectivity index (χ1) is 8.93. The van der Waals surface area contributed by atoms with Crippen molar-refractivity contribution < 1.29 is 8.42 Å². The summed E-state index contributed by atoms with van der Waals surface area (Å²) in [5, 5.41) is 1.83. The van der Waals surface area contributed by atoms with Gasteiger partial charge in [-0.1, -0.05) is 6.07 Å². The van der Waals surface area contributed by atoms with Crippen molar-refractivity contribution >= 4 is 27.0 Å². The maximum absolute atomic E-state index is 12.5. The summed E-state index contributed by atoms with van der Waals surface area (Å²) < 4.78 is 26.2. The predicted octanol–water partition coefficient (Wildman–Crippen LogP) is 1.85. The van der Waals surface area contributed by atoms with E-state index < -0.39 is 10.0 Å². The average molecular weight is 297 g/mol. The highest BCUT2D eigenvalue weighted by Gasteiger charge is 2.23. The second-order valence-electron chi connectivity index (χ2n) is 4.21. The standard InChI is InChI=1S/C12H15N3O2S2/c1-9-11(13)4-3-5-12(9)19(16,17)15(2)6-10-7-18-8-14-10/h3-5,7-8H,6,13H2,1-2H3. The van der Waals surface area contributed by atoms with Crippen molar-refractivity contribution in [1.82, 2.24) is 9.29 Å². The molecule has 102 valence electrons. The molecular weight excluding hydrogens is 282 g/mol. The summed E-state index contributed by atoms with van der Waals surface area (Å²) >= 11 is 1.44. The topological polar surface area (TPSA) is 76.3 Å². The highest BCUT2D eigenvalue weighted by atomic mass is 32.2. The van der Waals surface area contributed by atoms with Gasteiger partial charge < -0.3 is 5.73 Å². The summed E-state index contributed by atoms with van der Waals surface area (Å²) in [5.41, 5.74) is 9.23. The number of rotatable bonds is 4. The lowest BCUT2D eigenvalue weighted by molar-refractivity contribution is 0.462. The van der Waals surface area contributed by atoms with Crippen LogP contribution < -0.4 is 5.73 Å². The fourth-order valence-corrected chi connectivity index (χ4v) is 3.65. The summed E-state index contributed by atoms with van der Waals surface area (Å²) in [6.07, 6.45) is 0. The van der Waals surface area contributed by atoms with Gasteiger partial charge in [-0.15, -0.1) is 11.3 Å². The number of anilines is 1. The van der Waals surface area contributed by atoms with Crippen LogP contribution in [0, 0.1) is 6.92 Å². The van der Waals surface area contributed by atoms with E-state index in [0.717, 1.165) is 5.69 Å². The molecule has 0 aliphatic rings. The molecule has 0 saturated carbocycles. The van der Waals surface area contributed by atoms with E-state index in [1.165, 1.54) is 22.7 Å². The van der Waals surface area contributed by atoms with Crippen LogP contribution >= 0.6 is 11.3 Å². The Morgan fingerprint density at radius 2 is 2.16 bits per heavy atom. The molecule has 1 heterocycles. The lowest BCUT2D eigenvalue weighted by atomic mass is 10.2. The van der Waals surface area contributed by atoms with Gasteiger partial charge in [0.25, 0.3) is 0 Å². The lowest BCUT2D eigenvalue weighted by Crippen LogP contribution is -2.27. The largest absolute Gasteiger partial charge is 0.398 e. The Morgan fingerprint density at radius 1 is 1.42 bits per heavy atom. The summed E-state index contributed by atoms with van der Waals surface area (Å²) in [5.74, 6) is 0. The molecule has 2 aromatic rings. The summed E-state index contributed by atoms with van der Waals surface area (Å²) in [4.78, 5) is 4.33. The van der Waals surface area contributed by atoms with Crippen molar-refractivity contribution in [3.05, 3.63) is 40.3 Å². The van der Waals surface area contributed by atoms with Crippen LogP contribution in [0.3, 0.4) is 0 Å². The van der Waals surface area contributed by atoms with Crippen LogP contribution in [0.1, 0.15) is 11.3 Å². The molecule has 0 aliphatic heterocycles. The number of nitrogens with zero attached hydrogens (tertiary/aromatic N) is 2. The molecule has 5 nitrogen and oxygen atoms in total. The Bertz CT molecular complexity index is 666. The first kappa shape index (κ1) is 14.0. The SMILES string of the molecule is Cc1c(N)cccc1S(=O)(=O)N(C)Cc1cscn1. The van der Waals surface area contributed by atoms with Gasteiger partial charge in [0.05, 0.1) is 22.6 Å². The number of nitrogens with two attached hydrogens (primary N) is 1. The molecule has 2 rings (SSSR count). The molecule has 1 aromatic carbocycles. The van der Waals surface area contributed by atoms with E-state index in [-0.39, 0.29) is 11.4 Å². The molecule has 0 bridgehead atoms. The van der Waals surface area contributed by atoms with Crippen LogP contribution in [0.15, 0.2) is 34.0 Å². The molecule has 0 amide bonds. The van der Waals surface area contributed by atoms with Crippen LogP contribution in [0.5, 0.6) is 0 Å². The minimum atomic E-state index is -3.55. The van der Waals surface area contributed by atoms with Gasteiger partial charge in [-0.05, 0) is 24.6 Å². The van der Waals surface area contributed by atoms with E-state index in [0.29, 0.717) is 11.3 Å². The van der Waals surface area contributed by atoms with Gasteiger partial charge >= 0.3 is 0 Å². The zero-order valence-corrected chi connectivity index (χ0v) is 12.3. The van der Waals surface area contributed by atoms with Crippen molar-refractivity contribution in [2.24, 2.45) is 0 Å². The van der Waals surface area contributed by atoms with Crippen molar-refractivity contribution in [3.63, 3.8) is 0 Å². The Morgan fingerprint density at radius 3 is 2.79 bits per heavy atom. The van der Waals surface area contributed by atoms with E-state index >= 15 is 0 Å². The molecule has 7 heteroatoms. The minimum Gasteiger partial charge on any atom is -0.398 e. The first-order valence-electron chi connectivity index (χ1n) is 5.61. The van der Waals surface area contributed by atoms with Crippen molar-refractivity contribution in [2.75, 3.05) is 12.8 Å². The number of thiazole rings is 1. The normalized spacial score (nSPS) is 11.9. The summed E-state index contributed by atoms with van der Waals surface area (Å²) in [7, 11) is -2.01. The zero-order valence-electron chi connectivity index (χ0n) is 10.7. The second-order valence-corrected chi connectivity index (χ2v) is 6.94. The molecule has 0 atom stereocenters. The number of aromatic nitrogens is 1. The third kappa shape index (κ3) is 2.78. The average Bonchev–Trinajstić information content (AvgIpc) is 2.85. The Labute approximate surface area is 116 Å². The van der Waals surface area contributed by atoms with E-state index in [9.17, 15) is 8.42 Å². The molecule has 0 radical (unpaired) electrons. The van der Waals surface area contributed by atoms with E-state index in [2.05, 4.69) is 4.98 Å². The molecule has 0 aliphatic carbocycles. The van der Waals surface area contributed by atoms with Crippen molar-refractivity contribution in [2.45, 2.75) is 18.4 Å². The summed E-state index contributed by atoms with van der Waals surface area (Å²) in [6, 6.07) is 4.90. The van der Waals surface area contributed by atoms with Gasteiger partial charge in [0.15, 0.2) is 0 Å². The highest BCUT2D eigenvalue weighted by molar-refractivity contribution is 7.89. The first-order valence-corrected chi connectivity index (χ1v) is 7.99. The van der Waals surface area contributed by atoms with Gasteiger partial charge in [-0.3, -0.25) is 0 Å². The Balaban J connectivity index is 2.34. The monoisotopic (exact) mass is 297 g/mol. The number of hydrogen-bond acceptors (Lipinski definition) is 5. The lowest BCUT2D eigenvalue weighted by Gasteiger charge is -2.18. The maximum Gasteiger partial charge on any atom is 0.243 e. The van der Waals surface area contributed by atoms with E-state index in [4.69, 9.17) is 5.73 Å². The van der Waals surface area contributed by atoms with Crippen molar-refractivity contribution in [1.29, 1.82) is 0 Å². The third-order valence-corrected chi connectivity index (χ3v) is 5.47. The number of hydrogen-bond donors (Lipinski definition) is 1. The number of nitrogen functional groups attached to an aromatic ring is 1. The fraction of sp³-hybridized carbons (Fsp3) is 0.250. The molecule has 1 aromatic heterocycles. The van der Waals surface area contributed by atoms with E-state index in [1.807, 2.05) is 5.38 Å². The molecule has 0 unspecified atom stereocenters. The van der Waals surface area contributed by atoms with Gasteiger partial charge in [-0.2, -0.15) is 4.31 Å². The summed E-state index contributed by atoms with van der Waals surface area (Å²) in [6.45, 7) is 1.96. The fourth-order valence-electron chi connectivity index (χ4n) is 1.71. The van der Waals surface area contributed by atoms with E-state index in [1.54, 1.807) is 30.6 Å². The second kappa shape index (κ2) is 5.28. The van der Waals surface area contributed by atoms with Crippen LogP contribution in [-0.4, -0.2) is 24.8 Å². The van der Waals surface area contributed by atoms with Crippen LogP contribution in [0.4, 0.5) is 5.69 Å². The zero-order chi connectivity index (χ0) is 14.0. The van der Waals surface area contributed by atoms with Gasteiger partial charge in [0, 0.05) is 18.1 Å². The quantitative estimate of drug-likeness (QED) is 0.874. The highest BCUT2D eigenvalue weighted by Crippen LogP contribution is 2.24. The van der Waals surface area contributed by atoms with Gasteiger partial charge in [-0.25, -0.2) is 13.4 Å². The van der Waals surface area contributed by atoms with Crippen LogP contribution in [-0.2, 0) is 16.6 Å². The molecule has 0 saturated heterocycles. The van der Waals surface area contributed by atoms with Gasteiger partial charge in [0.2, 0.25) is 10.0 Å². The van der Waals surface area contributed by atoms with Crippen LogP contribution in [0.25, 0.3) is 0 Å². The molecule has 19 heavy (non-hydrogen) atoms. The molecule has 2 N–H and O–H groups in total. The third-order valence-electron chi connectivity index (χ3n) is 2.88. The number of benzene rings is 1. The Kier molecular flexibility index (Phi) is 3.88. The Hall–Kier alpha value is -1.44. The minimum absolute atomic E-state index is 0.241. The smallest absolute Gasteiger partial charge is 0.243 e. The predicted molar refractivity (Wildman–Crippen MR) is 76.4 cm³/mol. The molecule has 0 spiro atoms. The van der Waals surface area contributed by atoms with Crippen molar-refractivity contribution in [3.8, 4) is 0 Å². The maximum atomic E-state index is 12.5. The molecule has 0 fully saturated rings. The number of sulfonamides is 1. The molecular formula is C12H15N3O2S2. The van der Waals surface area contributed by atoms with Gasteiger partial charge in [0.1, 0.15) is 0 Å². The van der Waals surface area contributed by atoms with Crippen LogP contribution in [0.2, 0.25) is 0 Å².